The molecule has 5 nitrogen and oxygen atoms in total. The summed E-state index contributed by atoms with van der Waals surface area (Å²) < 4.78 is 2.20. The predicted octanol–water partition coefficient (Wildman–Crippen LogP) is 6.10. The van der Waals surface area contributed by atoms with Gasteiger partial charge in [-0.05, 0) is 48.7 Å². The van der Waals surface area contributed by atoms with Crippen molar-refractivity contribution in [2.45, 2.75) is 38.0 Å². The van der Waals surface area contributed by atoms with E-state index in [0.717, 1.165) is 30.2 Å². The minimum absolute atomic E-state index is 0.124. The lowest BCUT2D eigenvalue weighted by Gasteiger charge is -2.22. The minimum Gasteiger partial charge on any atom is -0.505 e. The van der Waals surface area contributed by atoms with Gasteiger partial charge in [0.05, 0.1) is 27.2 Å². The summed E-state index contributed by atoms with van der Waals surface area (Å²) in [6.45, 7) is 0. The van der Waals surface area contributed by atoms with E-state index in [1.54, 1.807) is 18.2 Å². The maximum atomic E-state index is 13.2. The van der Waals surface area contributed by atoms with Crippen molar-refractivity contribution >= 4 is 56.2 Å². The summed E-state index contributed by atoms with van der Waals surface area (Å²) in [7, 11) is 0. The number of phenolic OH excluding ortho intramolecular Hbond substituents is 1. The first-order valence-electron chi connectivity index (χ1n) is 9.38. The zero-order chi connectivity index (χ0) is 20.5. The highest BCUT2D eigenvalue weighted by Gasteiger charge is 2.22. The largest absolute Gasteiger partial charge is 0.505 e. The molecule has 1 fully saturated rings. The smallest absolute Gasteiger partial charge is 0.282 e. The Morgan fingerprint density at radius 3 is 2.52 bits per heavy atom. The first kappa shape index (κ1) is 20.4. The number of benzene rings is 2. The minimum atomic E-state index is -0.218. The van der Waals surface area contributed by atoms with E-state index in [-0.39, 0.29) is 27.3 Å². The molecule has 0 unspecified atom stereocenters. The number of hydrogen-bond donors (Lipinski definition) is 1. The van der Waals surface area contributed by atoms with Crippen LogP contribution in [0.2, 0.25) is 10.0 Å². The lowest BCUT2D eigenvalue weighted by molar-refractivity contribution is 0.416. The van der Waals surface area contributed by atoms with Gasteiger partial charge >= 0.3 is 0 Å². The first-order valence-corrected chi connectivity index (χ1v) is 10.9. The molecule has 1 aromatic heterocycles. The number of nitrogens with zero attached hydrogens (tertiary/aromatic N) is 3. The number of halogens is 3. The normalized spacial score (nSPS) is 15.4. The van der Waals surface area contributed by atoms with Crippen molar-refractivity contribution in [3.8, 4) is 5.75 Å². The Labute approximate surface area is 186 Å². The molecule has 0 atom stereocenters. The molecule has 150 valence electrons. The molecule has 2 aromatic carbocycles. The zero-order valence-electron chi connectivity index (χ0n) is 15.4. The third kappa shape index (κ3) is 4.20. The molecule has 0 amide bonds. The van der Waals surface area contributed by atoms with Gasteiger partial charge in [0.15, 0.2) is 5.75 Å². The fourth-order valence-corrected chi connectivity index (χ4v) is 4.55. The summed E-state index contributed by atoms with van der Waals surface area (Å²) >= 11 is 15.4. The maximum absolute atomic E-state index is 13.2. The van der Waals surface area contributed by atoms with E-state index >= 15 is 0 Å². The van der Waals surface area contributed by atoms with Crippen molar-refractivity contribution in [2.75, 3.05) is 0 Å². The van der Waals surface area contributed by atoms with E-state index in [1.807, 2.05) is 12.1 Å². The number of aromatic hydroxyl groups is 1. The third-order valence-corrected chi connectivity index (χ3v) is 6.23. The molecule has 29 heavy (non-hydrogen) atoms. The second kappa shape index (κ2) is 8.46. The van der Waals surface area contributed by atoms with Gasteiger partial charge in [-0.2, -0.15) is 9.78 Å². The second-order valence-corrected chi connectivity index (χ2v) is 8.89. The van der Waals surface area contributed by atoms with Gasteiger partial charge in [0, 0.05) is 10.4 Å². The third-order valence-electron chi connectivity index (χ3n) is 5.17. The van der Waals surface area contributed by atoms with Crippen molar-refractivity contribution in [1.82, 2.24) is 9.66 Å². The average Bonchev–Trinajstić information content (AvgIpc) is 2.72. The van der Waals surface area contributed by atoms with Crippen molar-refractivity contribution in [3.63, 3.8) is 0 Å². The SMILES string of the molecule is O=c1c2cc(Br)ccc2nc(C2CCCCC2)n1N=Cc1cc(Cl)c(O)c(Cl)c1. The lowest BCUT2D eigenvalue weighted by atomic mass is 9.88. The molecular formula is C21H18BrCl2N3O2. The summed E-state index contributed by atoms with van der Waals surface area (Å²) in [5, 5.41) is 14.9. The van der Waals surface area contributed by atoms with Gasteiger partial charge < -0.3 is 5.11 Å². The van der Waals surface area contributed by atoms with Crippen LogP contribution >= 0.6 is 39.1 Å². The van der Waals surface area contributed by atoms with Crippen LogP contribution in [0.25, 0.3) is 10.9 Å². The highest BCUT2D eigenvalue weighted by atomic mass is 79.9. The average molecular weight is 495 g/mol. The van der Waals surface area contributed by atoms with Gasteiger partial charge in [0.1, 0.15) is 5.82 Å². The van der Waals surface area contributed by atoms with E-state index in [1.165, 1.54) is 17.3 Å². The molecule has 3 aromatic rings. The number of phenols is 1. The molecule has 8 heteroatoms. The van der Waals surface area contributed by atoms with Gasteiger partial charge in [-0.3, -0.25) is 4.79 Å². The Hall–Kier alpha value is -1.89. The first-order chi connectivity index (χ1) is 13.9. The molecule has 0 radical (unpaired) electrons. The molecule has 1 aliphatic carbocycles. The van der Waals surface area contributed by atoms with Crippen molar-refractivity contribution in [3.05, 3.63) is 66.6 Å². The van der Waals surface area contributed by atoms with Crippen LogP contribution in [0.3, 0.4) is 0 Å². The van der Waals surface area contributed by atoms with Crippen LogP contribution in [0.4, 0.5) is 0 Å². The summed E-state index contributed by atoms with van der Waals surface area (Å²) in [4.78, 5) is 18.0. The monoisotopic (exact) mass is 493 g/mol. The molecule has 1 heterocycles. The Balaban J connectivity index is 1.86. The van der Waals surface area contributed by atoms with Crippen LogP contribution in [0.5, 0.6) is 5.75 Å². The van der Waals surface area contributed by atoms with Crippen molar-refractivity contribution < 1.29 is 5.11 Å². The summed E-state index contributed by atoms with van der Waals surface area (Å²) in [5.74, 6) is 0.688. The van der Waals surface area contributed by atoms with E-state index in [0.29, 0.717) is 22.3 Å². The maximum Gasteiger partial charge on any atom is 0.282 e. The Bertz CT molecular complexity index is 1150. The fraction of sp³-hybridized carbons (Fsp3) is 0.286. The highest BCUT2D eigenvalue weighted by molar-refractivity contribution is 9.10. The summed E-state index contributed by atoms with van der Waals surface area (Å²) in [6, 6.07) is 8.58. The highest BCUT2D eigenvalue weighted by Crippen LogP contribution is 2.33. The second-order valence-electron chi connectivity index (χ2n) is 7.16. The number of fused-ring (bicyclic) bond motifs is 1. The van der Waals surface area contributed by atoms with Crippen molar-refractivity contribution in [2.24, 2.45) is 5.10 Å². The summed E-state index contributed by atoms with van der Waals surface area (Å²) in [6.07, 6.45) is 6.92. The van der Waals surface area contributed by atoms with Gasteiger partial charge in [-0.25, -0.2) is 4.98 Å². The number of hydrogen-bond acceptors (Lipinski definition) is 4. The van der Waals surface area contributed by atoms with E-state index in [9.17, 15) is 9.90 Å². The quantitative estimate of drug-likeness (QED) is 0.447. The van der Waals surface area contributed by atoms with Crippen LogP contribution in [-0.4, -0.2) is 21.0 Å². The van der Waals surface area contributed by atoms with Gasteiger partial charge in [-0.15, -0.1) is 0 Å². The van der Waals surface area contributed by atoms with Gasteiger partial charge in [0.2, 0.25) is 0 Å². The fourth-order valence-electron chi connectivity index (χ4n) is 3.69. The number of rotatable bonds is 3. The lowest BCUT2D eigenvalue weighted by Crippen LogP contribution is -2.25. The molecule has 0 spiro atoms. The Morgan fingerprint density at radius 2 is 1.83 bits per heavy atom. The molecule has 1 N–H and O–H groups in total. The molecule has 1 aliphatic rings. The van der Waals surface area contributed by atoms with E-state index in [2.05, 4.69) is 21.0 Å². The Kier molecular flexibility index (Phi) is 5.95. The standard InChI is InChI=1S/C21H18BrCl2N3O2/c22-14-6-7-18-15(10-14)21(29)27(20(26-18)13-4-2-1-3-5-13)25-11-12-8-16(23)19(28)17(24)9-12/h6-11,13,28H,1-5H2. The van der Waals surface area contributed by atoms with Crippen LogP contribution in [0.1, 0.15) is 49.4 Å². The summed E-state index contributed by atoms with van der Waals surface area (Å²) in [5.41, 5.74) is 1.03. The molecular weight excluding hydrogens is 477 g/mol. The topological polar surface area (TPSA) is 67.5 Å². The van der Waals surface area contributed by atoms with Gasteiger partial charge in [0.25, 0.3) is 5.56 Å². The molecule has 4 rings (SSSR count). The van der Waals surface area contributed by atoms with E-state index in [4.69, 9.17) is 28.2 Å². The van der Waals surface area contributed by atoms with Crippen LogP contribution in [0, 0.1) is 0 Å². The van der Waals surface area contributed by atoms with E-state index < -0.39 is 0 Å². The van der Waals surface area contributed by atoms with Gasteiger partial charge in [-0.1, -0.05) is 58.4 Å². The molecule has 0 bridgehead atoms. The van der Waals surface area contributed by atoms with Crippen molar-refractivity contribution in [1.29, 1.82) is 0 Å². The zero-order valence-corrected chi connectivity index (χ0v) is 18.5. The van der Waals surface area contributed by atoms with Crippen LogP contribution < -0.4 is 5.56 Å². The van der Waals surface area contributed by atoms with Crippen LogP contribution in [-0.2, 0) is 0 Å². The Morgan fingerprint density at radius 1 is 1.14 bits per heavy atom. The number of aromatic nitrogens is 2. The predicted molar refractivity (Wildman–Crippen MR) is 121 cm³/mol. The molecule has 1 saturated carbocycles. The molecule has 0 saturated heterocycles. The van der Waals surface area contributed by atoms with Crippen LogP contribution in [0.15, 0.2) is 44.7 Å². The molecule has 0 aliphatic heterocycles.